The predicted octanol–water partition coefficient (Wildman–Crippen LogP) is 3.78. The molecule has 0 bridgehead atoms. The number of anilines is 1. The molecule has 0 saturated carbocycles. The first kappa shape index (κ1) is 15.7. The second-order valence-corrected chi connectivity index (χ2v) is 5.91. The summed E-state index contributed by atoms with van der Waals surface area (Å²) in [7, 11) is 0. The van der Waals surface area contributed by atoms with Crippen LogP contribution in [0.1, 0.15) is 11.3 Å². The van der Waals surface area contributed by atoms with Gasteiger partial charge in [0.1, 0.15) is 11.5 Å². The molecule has 0 atom stereocenters. The number of ether oxygens (including phenoxy) is 1. The van der Waals surface area contributed by atoms with Crippen molar-refractivity contribution in [3.05, 3.63) is 65.6 Å². The highest BCUT2D eigenvalue weighted by atomic mass is 19.1. The van der Waals surface area contributed by atoms with Gasteiger partial charge in [-0.1, -0.05) is 30.3 Å². The van der Waals surface area contributed by atoms with Gasteiger partial charge in [-0.25, -0.2) is 14.4 Å². The molecule has 0 unspecified atom stereocenters. The maximum atomic E-state index is 13.1. The fourth-order valence-corrected chi connectivity index (χ4v) is 2.87. The van der Waals surface area contributed by atoms with Gasteiger partial charge in [0, 0.05) is 13.1 Å². The number of aromatic nitrogens is 2. The van der Waals surface area contributed by atoms with Crippen LogP contribution in [0.15, 0.2) is 48.5 Å². The summed E-state index contributed by atoms with van der Waals surface area (Å²) in [6.07, 6.45) is 3.87. The second kappa shape index (κ2) is 6.99. The van der Waals surface area contributed by atoms with Crippen molar-refractivity contribution in [1.82, 2.24) is 9.97 Å². The molecule has 1 aliphatic heterocycles. The van der Waals surface area contributed by atoms with E-state index in [0.717, 1.165) is 41.2 Å². The number of halogens is 1. The number of fused-ring (bicyclic) bond motifs is 1. The molecule has 0 aliphatic carbocycles. The number of hydrogen-bond acceptors (Lipinski definition) is 4. The molecule has 2 aromatic carbocycles. The van der Waals surface area contributed by atoms with E-state index >= 15 is 0 Å². The Morgan fingerprint density at radius 1 is 0.880 bits per heavy atom. The molecular weight excluding hydrogens is 317 g/mol. The lowest BCUT2D eigenvalue weighted by Gasteiger charge is -2.28. The Morgan fingerprint density at radius 3 is 2.28 bits per heavy atom. The first-order chi connectivity index (χ1) is 12.3. The van der Waals surface area contributed by atoms with E-state index in [9.17, 15) is 4.39 Å². The summed E-state index contributed by atoms with van der Waals surface area (Å²) in [5.74, 6) is 0.622. The molecule has 25 heavy (non-hydrogen) atoms. The lowest BCUT2D eigenvalue weighted by Crippen LogP contribution is -2.37. The summed E-state index contributed by atoms with van der Waals surface area (Å²) in [4.78, 5) is 11.8. The lowest BCUT2D eigenvalue weighted by atomic mass is 10.2. The topological polar surface area (TPSA) is 38.2 Å². The molecule has 4 rings (SSSR count). The average molecular weight is 335 g/mol. The molecule has 2 heterocycles. The van der Waals surface area contributed by atoms with Crippen molar-refractivity contribution < 1.29 is 9.13 Å². The largest absolute Gasteiger partial charge is 0.378 e. The van der Waals surface area contributed by atoms with Crippen LogP contribution >= 0.6 is 0 Å². The normalized spacial score (nSPS) is 15.2. The van der Waals surface area contributed by atoms with Gasteiger partial charge in [-0.2, -0.15) is 0 Å². The van der Waals surface area contributed by atoms with Crippen molar-refractivity contribution >= 4 is 29.0 Å². The molecule has 1 aliphatic rings. The molecule has 3 aromatic rings. The molecule has 4 nitrogen and oxygen atoms in total. The number of para-hydroxylation sites is 2. The first-order valence-electron chi connectivity index (χ1n) is 8.33. The number of hydrogen-bond donors (Lipinski definition) is 0. The summed E-state index contributed by atoms with van der Waals surface area (Å²) in [5.41, 5.74) is 3.47. The first-order valence-corrected chi connectivity index (χ1v) is 8.33. The summed E-state index contributed by atoms with van der Waals surface area (Å²) in [6.45, 7) is 2.97. The van der Waals surface area contributed by atoms with Gasteiger partial charge in [-0.05, 0) is 35.9 Å². The van der Waals surface area contributed by atoms with Crippen LogP contribution in [0.3, 0.4) is 0 Å². The van der Waals surface area contributed by atoms with Crippen molar-refractivity contribution in [2.75, 3.05) is 31.2 Å². The van der Waals surface area contributed by atoms with Gasteiger partial charge in [0.05, 0.1) is 24.2 Å². The van der Waals surface area contributed by atoms with Crippen molar-refractivity contribution in [3.8, 4) is 0 Å². The van der Waals surface area contributed by atoms with Crippen LogP contribution in [-0.2, 0) is 4.74 Å². The summed E-state index contributed by atoms with van der Waals surface area (Å²) >= 11 is 0. The van der Waals surface area contributed by atoms with Gasteiger partial charge in [-0.3, -0.25) is 0 Å². The molecule has 0 N–H and O–H groups in total. The Balaban J connectivity index is 1.75. The van der Waals surface area contributed by atoms with Crippen molar-refractivity contribution in [1.29, 1.82) is 0 Å². The minimum atomic E-state index is -0.239. The Kier molecular flexibility index (Phi) is 4.39. The molecule has 1 aromatic heterocycles. The third-order valence-electron chi connectivity index (χ3n) is 4.19. The Morgan fingerprint density at radius 2 is 1.56 bits per heavy atom. The van der Waals surface area contributed by atoms with Gasteiger partial charge < -0.3 is 9.64 Å². The van der Waals surface area contributed by atoms with Crippen LogP contribution in [0.2, 0.25) is 0 Å². The van der Waals surface area contributed by atoms with Gasteiger partial charge in [0.2, 0.25) is 0 Å². The van der Waals surface area contributed by atoms with Gasteiger partial charge in [-0.15, -0.1) is 0 Å². The Bertz CT molecular complexity index is 902. The maximum absolute atomic E-state index is 13.1. The Hall–Kier alpha value is -2.79. The standard InChI is InChI=1S/C20H18FN3O/c21-16-8-5-15(6-9-16)7-10-19-20(24-11-13-25-14-12-24)23-18-4-2-1-3-17(18)22-19/h1-10H,11-14H2. The minimum absolute atomic E-state index is 0.239. The lowest BCUT2D eigenvalue weighted by molar-refractivity contribution is 0.122. The molecule has 0 amide bonds. The number of nitrogens with zero attached hydrogens (tertiary/aromatic N) is 3. The van der Waals surface area contributed by atoms with E-state index in [-0.39, 0.29) is 5.82 Å². The highest BCUT2D eigenvalue weighted by molar-refractivity contribution is 5.82. The number of rotatable bonds is 3. The number of morpholine rings is 1. The summed E-state index contributed by atoms with van der Waals surface area (Å²) < 4.78 is 18.5. The summed E-state index contributed by atoms with van der Waals surface area (Å²) in [6, 6.07) is 14.3. The van der Waals surface area contributed by atoms with Crippen LogP contribution in [0, 0.1) is 5.82 Å². The third-order valence-corrected chi connectivity index (χ3v) is 4.19. The fraction of sp³-hybridized carbons (Fsp3) is 0.200. The number of benzene rings is 2. The second-order valence-electron chi connectivity index (χ2n) is 5.91. The third kappa shape index (κ3) is 3.51. The zero-order valence-corrected chi connectivity index (χ0v) is 13.7. The van der Waals surface area contributed by atoms with Crippen LogP contribution in [0.5, 0.6) is 0 Å². The monoisotopic (exact) mass is 335 g/mol. The average Bonchev–Trinajstić information content (AvgIpc) is 2.67. The van der Waals surface area contributed by atoms with E-state index in [1.54, 1.807) is 12.1 Å². The van der Waals surface area contributed by atoms with Crippen LogP contribution < -0.4 is 4.90 Å². The van der Waals surface area contributed by atoms with E-state index in [1.807, 2.05) is 36.4 Å². The van der Waals surface area contributed by atoms with E-state index in [4.69, 9.17) is 14.7 Å². The molecule has 1 saturated heterocycles. The molecule has 0 radical (unpaired) electrons. The molecule has 1 fully saturated rings. The van der Waals surface area contributed by atoms with Gasteiger partial charge >= 0.3 is 0 Å². The summed E-state index contributed by atoms with van der Waals surface area (Å²) in [5, 5.41) is 0. The zero-order chi connectivity index (χ0) is 17.1. The van der Waals surface area contributed by atoms with Crippen LogP contribution in [0.25, 0.3) is 23.2 Å². The van der Waals surface area contributed by atoms with E-state index in [2.05, 4.69) is 4.90 Å². The molecule has 0 spiro atoms. The predicted molar refractivity (Wildman–Crippen MR) is 97.9 cm³/mol. The van der Waals surface area contributed by atoms with Gasteiger partial charge in [0.25, 0.3) is 0 Å². The minimum Gasteiger partial charge on any atom is -0.378 e. The quantitative estimate of drug-likeness (QED) is 0.730. The van der Waals surface area contributed by atoms with Crippen LogP contribution in [-0.4, -0.2) is 36.3 Å². The van der Waals surface area contributed by atoms with Crippen molar-refractivity contribution in [2.24, 2.45) is 0 Å². The van der Waals surface area contributed by atoms with Crippen molar-refractivity contribution in [3.63, 3.8) is 0 Å². The van der Waals surface area contributed by atoms with E-state index in [1.165, 1.54) is 12.1 Å². The Labute approximate surface area is 145 Å². The highest BCUT2D eigenvalue weighted by Gasteiger charge is 2.17. The maximum Gasteiger partial charge on any atom is 0.155 e. The highest BCUT2D eigenvalue weighted by Crippen LogP contribution is 2.23. The molecular formula is C20H18FN3O. The van der Waals surface area contributed by atoms with Crippen LogP contribution in [0.4, 0.5) is 10.2 Å². The van der Waals surface area contributed by atoms with Gasteiger partial charge in [0.15, 0.2) is 5.82 Å². The van der Waals surface area contributed by atoms with E-state index < -0.39 is 0 Å². The van der Waals surface area contributed by atoms with E-state index in [0.29, 0.717) is 13.2 Å². The molecule has 126 valence electrons. The van der Waals surface area contributed by atoms with Crippen molar-refractivity contribution in [2.45, 2.75) is 0 Å². The smallest absolute Gasteiger partial charge is 0.155 e. The SMILES string of the molecule is Fc1ccc(C=Cc2nc3ccccc3nc2N2CCOCC2)cc1. The fourth-order valence-electron chi connectivity index (χ4n) is 2.87. The zero-order valence-electron chi connectivity index (χ0n) is 13.7. The molecule has 5 heteroatoms.